The zero-order valence-corrected chi connectivity index (χ0v) is 12.5. The maximum atomic E-state index is 12.2. The van der Waals surface area contributed by atoms with Crippen LogP contribution in [0.4, 0.5) is 0 Å². The number of carbonyl (C=O) groups is 1. The van der Waals surface area contributed by atoms with Crippen molar-refractivity contribution in [1.29, 1.82) is 0 Å². The average molecular weight is 280 g/mol. The molecular weight excluding hydrogens is 256 g/mol. The van der Waals surface area contributed by atoms with Gasteiger partial charge in [-0.2, -0.15) is 0 Å². The lowest BCUT2D eigenvalue weighted by atomic mass is 9.83. The third kappa shape index (κ3) is 3.93. The second-order valence-electron chi connectivity index (χ2n) is 4.84. The highest BCUT2D eigenvalue weighted by atomic mass is 16.5. The fraction of sp³-hybridized carbons (Fsp3) is 0.600. The van der Waals surface area contributed by atoms with Gasteiger partial charge in [-0.15, -0.1) is 0 Å². The van der Waals surface area contributed by atoms with Crippen molar-refractivity contribution in [1.82, 2.24) is 10.3 Å². The molecular formula is C15H24N2O3. The number of pyridine rings is 1. The Balaban J connectivity index is 2.76. The number of rotatable bonds is 8. The lowest BCUT2D eigenvalue weighted by Gasteiger charge is -2.29. The predicted octanol–water partition coefficient (Wildman–Crippen LogP) is 2.01. The summed E-state index contributed by atoms with van der Waals surface area (Å²) in [7, 11) is 0. The van der Waals surface area contributed by atoms with Crippen LogP contribution >= 0.6 is 0 Å². The molecule has 0 saturated carbocycles. The van der Waals surface area contributed by atoms with Crippen molar-refractivity contribution >= 4 is 5.91 Å². The largest absolute Gasteiger partial charge is 0.477 e. The maximum Gasteiger partial charge on any atom is 0.256 e. The van der Waals surface area contributed by atoms with E-state index in [4.69, 9.17) is 4.74 Å². The van der Waals surface area contributed by atoms with Crippen LogP contribution in [0.2, 0.25) is 0 Å². The molecule has 0 bridgehead atoms. The zero-order chi connectivity index (χ0) is 15.0. The van der Waals surface area contributed by atoms with Gasteiger partial charge in [0, 0.05) is 18.2 Å². The molecule has 0 atom stereocenters. The fourth-order valence-electron chi connectivity index (χ4n) is 1.96. The quantitative estimate of drug-likeness (QED) is 0.764. The first kappa shape index (κ1) is 16.4. The second kappa shape index (κ2) is 7.85. The van der Waals surface area contributed by atoms with Crippen molar-refractivity contribution in [2.24, 2.45) is 5.41 Å². The molecule has 1 rings (SSSR count). The maximum absolute atomic E-state index is 12.2. The normalized spacial score (nSPS) is 11.2. The highest BCUT2D eigenvalue weighted by Gasteiger charge is 2.26. The van der Waals surface area contributed by atoms with Crippen molar-refractivity contribution in [2.75, 3.05) is 19.8 Å². The Morgan fingerprint density at radius 1 is 1.40 bits per heavy atom. The standard InChI is InChI=1S/C15H24N2O3/c1-4-15(5-2,11-18)10-17-13(19)12-8-7-9-16-14(12)20-6-3/h7-9,18H,4-6,10-11H2,1-3H3,(H,17,19). The van der Waals surface area contributed by atoms with E-state index in [1.807, 2.05) is 20.8 Å². The van der Waals surface area contributed by atoms with Crippen molar-refractivity contribution in [3.8, 4) is 5.88 Å². The summed E-state index contributed by atoms with van der Waals surface area (Å²) in [4.78, 5) is 16.3. The number of aliphatic hydroxyl groups is 1. The summed E-state index contributed by atoms with van der Waals surface area (Å²) >= 11 is 0. The summed E-state index contributed by atoms with van der Waals surface area (Å²) in [5, 5.41) is 12.4. The van der Waals surface area contributed by atoms with Crippen LogP contribution in [0.3, 0.4) is 0 Å². The van der Waals surface area contributed by atoms with E-state index in [-0.39, 0.29) is 17.9 Å². The first-order valence-corrected chi connectivity index (χ1v) is 7.09. The van der Waals surface area contributed by atoms with Gasteiger partial charge in [-0.05, 0) is 31.9 Å². The number of hydrogen-bond donors (Lipinski definition) is 2. The average Bonchev–Trinajstić information content (AvgIpc) is 2.50. The van der Waals surface area contributed by atoms with Crippen LogP contribution in [0.25, 0.3) is 0 Å². The Hall–Kier alpha value is -1.62. The molecule has 2 N–H and O–H groups in total. The molecule has 0 saturated heterocycles. The first-order chi connectivity index (χ1) is 9.62. The molecule has 0 spiro atoms. The van der Waals surface area contributed by atoms with Gasteiger partial charge in [0.1, 0.15) is 5.56 Å². The van der Waals surface area contributed by atoms with Crippen molar-refractivity contribution in [3.05, 3.63) is 23.9 Å². The van der Waals surface area contributed by atoms with E-state index in [1.165, 1.54) is 0 Å². The smallest absolute Gasteiger partial charge is 0.256 e. The van der Waals surface area contributed by atoms with E-state index in [1.54, 1.807) is 18.3 Å². The van der Waals surface area contributed by atoms with Gasteiger partial charge >= 0.3 is 0 Å². The van der Waals surface area contributed by atoms with Crippen LogP contribution in [0, 0.1) is 5.41 Å². The van der Waals surface area contributed by atoms with Crippen LogP contribution in [0.1, 0.15) is 44.0 Å². The SMILES string of the molecule is CCOc1ncccc1C(=O)NCC(CC)(CC)CO. The molecule has 1 aromatic rings. The Bertz CT molecular complexity index is 423. The molecule has 0 unspecified atom stereocenters. The van der Waals surface area contributed by atoms with Gasteiger partial charge in [0.05, 0.1) is 13.2 Å². The Kier molecular flexibility index (Phi) is 6.45. The summed E-state index contributed by atoms with van der Waals surface area (Å²) in [6, 6.07) is 3.39. The van der Waals surface area contributed by atoms with Crippen molar-refractivity contribution < 1.29 is 14.6 Å². The number of aliphatic hydroxyl groups excluding tert-OH is 1. The lowest BCUT2D eigenvalue weighted by Crippen LogP contribution is -2.39. The summed E-state index contributed by atoms with van der Waals surface area (Å²) in [5.74, 6) is 0.122. The number of hydrogen-bond acceptors (Lipinski definition) is 4. The lowest BCUT2D eigenvalue weighted by molar-refractivity contribution is 0.0847. The minimum atomic E-state index is -0.260. The second-order valence-corrected chi connectivity index (χ2v) is 4.84. The number of nitrogens with one attached hydrogen (secondary N) is 1. The molecule has 0 aliphatic carbocycles. The number of aromatic nitrogens is 1. The Morgan fingerprint density at radius 3 is 2.65 bits per heavy atom. The molecule has 0 aromatic carbocycles. The molecule has 0 radical (unpaired) electrons. The third-order valence-corrected chi connectivity index (χ3v) is 3.76. The van der Waals surface area contributed by atoms with Crippen molar-refractivity contribution in [3.63, 3.8) is 0 Å². The van der Waals surface area contributed by atoms with Gasteiger partial charge < -0.3 is 15.2 Å². The molecule has 1 heterocycles. The molecule has 1 aromatic heterocycles. The van der Waals surface area contributed by atoms with Gasteiger partial charge in [0.25, 0.3) is 5.91 Å². The molecule has 112 valence electrons. The van der Waals surface area contributed by atoms with Crippen molar-refractivity contribution in [2.45, 2.75) is 33.6 Å². The summed E-state index contributed by atoms with van der Waals surface area (Å²) in [6.07, 6.45) is 3.22. The molecule has 5 heteroatoms. The highest BCUT2D eigenvalue weighted by molar-refractivity contribution is 5.96. The first-order valence-electron chi connectivity index (χ1n) is 7.09. The fourth-order valence-corrected chi connectivity index (χ4v) is 1.96. The van der Waals surface area contributed by atoms with E-state index in [0.717, 1.165) is 12.8 Å². The molecule has 0 aliphatic heterocycles. The zero-order valence-electron chi connectivity index (χ0n) is 12.5. The molecule has 20 heavy (non-hydrogen) atoms. The van der Waals surface area contributed by atoms with Crippen LogP contribution in [-0.2, 0) is 0 Å². The van der Waals surface area contributed by atoms with Gasteiger partial charge in [0.2, 0.25) is 5.88 Å². The number of nitrogens with zero attached hydrogens (tertiary/aromatic N) is 1. The molecule has 5 nitrogen and oxygen atoms in total. The van der Waals surface area contributed by atoms with E-state index in [0.29, 0.717) is 24.6 Å². The monoisotopic (exact) mass is 280 g/mol. The number of carbonyl (C=O) groups excluding carboxylic acids is 1. The molecule has 0 aliphatic rings. The highest BCUT2D eigenvalue weighted by Crippen LogP contribution is 2.24. The Labute approximate surface area is 120 Å². The summed E-state index contributed by atoms with van der Waals surface area (Å²) in [6.45, 7) is 6.84. The van der Waals surface area contributed by atoms with Gasteiger partial charge in [0.15, 0.2) is 0 Å². The van der Waals surface area contributed by atoms with Gasteiger partial charge in [-0.1, -0.05) is 13.8 Å². The van der Waals surface area contributed by atoms with Crippen LogP contribution in [0.5, 0.6) is 5.88 Å². The minimum absolute atomic E-state index is 0.0611. The third-order valence-electron chi connectivity index (χ3n) is 3.76. The Morgan fingerprint density at radius 2 is 2.10 bits per heavy atom. The van der Waals surface area contributed by atoms with Gasteiger partial charge in [-0.3, -0.25) is 4.79 Å². The minimum Gasteiger partial charge on any atom is -0.477 e. The van der Waals surface area contributed by atoms with E-state index in [2.05, 4.69) is 10.3 Å². The summed E-state index contributed by atoms with van der Waals surface area (Å²) in [5.41, 5.74) is 0.164. The predicted molar refractivity (Wildman–Crippen MR) is 77.8 cm³/mol. The van der Waals surface area contributed by atoms with Crippen LogP contribution in [0.15, 0.2) is 18.3 Å². The van der Waals surface area contributed by atoms with E-state index >= 15 is 0 Å². The van der Waals surface area contributed by atoms with Crippen LogP contribution < -0.4 is 10.1 Å². The molecule has 0 fully saturated rings. The summed E-state index contributed by atoms with van der Waals surface area (Å²) < 4.78 is 5.35. The van der Waals surface area contributed by atoms with Crippen LogP contribution in [-0.4, -0.2) is 35.8 Å². The topological polar surface area (TPSA) is 71.5 Å². The number of amides is 1. The molecule has 1 amide bonds. The number of ether oxygens (including phenoxy) is 1. The van der Waals surface area contributed by atoms with E-state index in [9.17, 15) is 9.90 Å². The van der Waals surface area contributed by atoms with Gasteiger partial charge in [-0.25, -0.2) is 4.98 Å². The van der Waals surface area contributed by atoms with E-state index < -0.39 is 0 Å².